The maximum atomic E-state index is 10.5. The standard InChI is InChI=1S/C16H14N2O3/c19-15(20)10-4-9-14-17-18-16(21-14)13-8-3-6-11-5-1-2-7-12(11)13/h1-3,5-8H,4,9-10H2,(H,19,20). The molecule has 0 aliphatic rings. The van der Waals surface area contributed by atoms with E-state index < -0.39 is 5.97 Å². The fourth-order valence-electron chi connectivity index (χ4n) is 2.27. The van der Waals surface area contributed by atoms with E-state index in [0.29, 0.717) is 24.6 Å². The van der Waals surface area contributed by atoms with Crippen LogP contribution in [0.2, 0.25) is 0 Å². The van der Waals surface area contributed by atoms with Crippen LogP contribution in [0.25, 0.3) is 22.2 Å². The highest BCUT2D eigenvalue weighted by Crippen LogP contribution is 2.27. The van der Waals surface area contributed by atoms with Gasteiger partial charge in [-0.2, -0.15) is 0 Å². The van der Waals surface area contributed by atoms with Crippen molar-refractivity contribution in [2.24, 2.45) is 0 Å². The van der Waals surface area contributed by atoms with Crippen molar-refractivity contribution in [1.29, 1.82) is 0 Å². The maximum Gasteiger partial charge on any atom is 0.303 e. The largest absolute Gasteiger partial charge is 0.481 e. The van der Waals surface area contributed by atoms with Gasteiger partial charge in [0.25, 0.3) is 0 Å². The fraction of sp³-hybridized carbons (Fsp3) is 0.188. The number of hydrogen-bond donors (Lipinski definition) is 1. The zero-order valence-corrected chi connectivity index (χ0v) is 11.3. The normalized spacial score (nSPS) is 10.9. The lowest BCUT2D eigenvalue weighted by Crippen LogP contribution is -1.95. The van der Waals surface area contributed by atoms with Crippen molar-refractivity contribution < 1.29 is 14.3 Å². The Hall–Kier alpha value is -2.69. The van der Waals surface area contributed by atoms with Gasteiger partial charge in [0.15, 0.2) is 0 Å². The summed E-state index contributed by atoms with van der Waals surface area (Å²) in [4.78, 5) is 10.5. The van der Waals surface area contributed by atoms with Crippen molar-refractivity contribution in [3.8, 4) is 11.5 Å². The van der Waals surface area contributed by atoms with Gasteiger partial charge in [-0.25, -0.2) is 0 Å². The van der Waals surface area contributed by atoms with Crippen LogP contribution in [0.3, 0.4) is 0 Å². The molecular weight excluding hydrogens is 268 g/mol. The van der Waals surface area contributed by atoms with Crippen LogP contribution in [0.4, 0.5) is 0 Å². The summed E-state index contributed by atoms with van der Waals surface area (Å²) in [6, 6.07) is 13.9. The van der Waals surface area contributed by atoms with Crippen LogP contribution in [0.5, 0.6) is 0 Å². The van der Waals surface area contributed by atoms with Gasteiger partial charge in [0.2, 0.25) is 11.8 Å². The van der Waals surface area contributed by atoms with Crippen LogP contribution in [0, 0.1) is 0 Å². The highest BCUT2D eigenvalue weighted by molar-refractivity contribution is 5.94. The van der Waals surface area contributed by atoms with Crippen LogP contribution in [-0.2, 0) is 11.2 Å². The molecule has 1 aromatic heterocycles. The Labute approximate surface area is 121 Å². The zero-order chi connectivity index (χ0) is 14.7. The molecular formula is C16H14N2O3. The SMILES string of the molecule is O=C(O)CCCc1nnc(-c2cccc3ccccc23)o1. The molecule has 21 heavy (non-hydrogen) atoms. The van der Waals surface area contributed by atoms with Crippen molar-refractivity contribution in [3.05, 3.63) is 48.4 Å². The number of carboxylic acids is 1. The summed E-state index contributed by atoms with van der Waals surface area (Å²) in [5, 5.41) is 18.9. The first-order valence-electron chi connectivity index (χ1n) is 6.76. The summed E-state index contributed by atoms with van der Waals surface area (Å²) in [6.07, 6.45) is 1.07. The average Bonchev–Trinajstić information content (AvgIpc) is 2.95. The first kappa shape index (κ1) is 13.3. The van der Waals surface area contributed by atoms with Crippen molar-refractivity contribution in [2.45, 2.75) is 19.3 Å². The summed E-state index contributed by atoms with van der Waals surface area (Å²) < 4.78 is 5.64. The fourth-order valence-corrected chi connectivity index (χ4v) is 2.27. The van der Waals surface area contributed by atoms with E-state index in [1.807, 2.05) is 42.5 Å². The maximum absolute atomic E-state index is 10.5. The third-order valence-corrected chi connectivity index (χ3v) is 3.27. The number of benzene rings is 2. The lowest BCUT2D eigenvalue weighted by atomic mass is 10.0. The zero-order valence-electron chi connectivity index (χ0n) is 11.3. The van der Waals surface area contributed by atoms with E-state index in [9.17, 15) is 4.79 Å². The number of rotatable bonds is 5. The van der Waals surface area contributed by atoms with E-state index in [1.54, 1.807) is 0 Å². The van der Waals surface area contributed by atoms with Crippen LogP contribution in [-0.4, -0.2) is 21.3 Å². The summed E-state index contributed by atoms with van der Waals surface area (Å²) in [5.74, 6) is 0.125. The monoisotopic (exact) mass is 282 g/mol. The first-order chi connectivity index (χ1) is 10.2. The van der Waals surface area contributed by atoms with Gasteiger partial charge in [0.1, 0.15) is 0 Å². The Morgan fingerprint density at radius 2 is 1.90 bits per heavy atom. The predicted octanol–water partition coefficient (Wildman–Crippen LogP) is 3.30. The summed E-state index contributed by atoms with van der Waals surface area (Å²) in [7, 11) is 0. The number of aromatic nitrogens is 2. The van der Waals surface area contributed by atoms with Crippen LogP contribution >= 0.6 is 0 Å². The molecule has 0 saturated carbocycles. The molecule has 5 nitrogen and oxygen atoms in total. The number of carbonyl (C=O) groups is 1. The van der Waals surface area contributed by atoms with E-state index in [2.05, 4.69) is 10.2 Å². The quantitative estimate of drug-likeness (QED) is 0.777. The number of fused-ring (bicyclic) bond motifs is 1. The predicted molar refractivity (Wildman–Crippen MR) is 77.8 cm³/mol. The van der Waals surface area contributed by atoms with Gasteiger partial charge >= 0.3 is 5.97 Å². The van der Waals surface area contributed by atoms with Gasteiger partial charge in [0.05, 0.1) is 0 Å². The molecule has 0 bridgehead atoms. The lowest BCUT2D eigenvalue weighted by molar-refractivity contribution is -0.137. The summed E-state index contributed by atoms with van der Waals surface area (Å²) in [6.45, 7) is 0. The summed E-state index contributed by atoms with van der Waals surface area (Å²) >= 11 is 0. The van der Waals surface area contributed by atoms with E-state index in [1.165, 1.54) is 0 Å². The smallest absolute Gasteiger partial charge is 0.303 e. The molecule has 0 fully saturated rings. The topological polar surface area (TPSA) is 76.2 Å². The van der Waals surface area contributed by atoms with Crippen molar-refractivity contribution >= 4 is 16.7 Å². The van der Waals surface area contributed by atoms with Gasteiger partial charge in [-0.1, -0.05) is 36.4 Å². The van der Waals surface area contributed by atoms with E-state index in [-0.39, 0.29) is 6.42 Å². The third-order valence-electron chi connectivity index (χ3n) is 3.27. The molecule has 0 saturated heterocycles. The van der Waals surface area contributed by atoms with Crippen molar-refractivity contribution in [3.63, 3.8) is 0 Å². The molecule has 1 N–H and O–H groups in total. The average molecular weight is 282 g/mol. The van der Waals surface area contributed by atoms with Crippen molar-refractivity contribution in [1.82, 2.24) is 10.2 Å². The molecule has 2 aromatic carbocycles. The number of carboxylic acid groups (broad SMARTS) is 1. The Balaban J connectivity index is 1.86. The van der Waals surface area contributed by atoms with Crippen LogP contribution < -0.4 is 0 Å². The number of aryl methyl sites for hydroxylation is 1. The van der Waals surface area contributed by atoms with Gasteiger partial charge in [-0.15, -0.1) is 10.2 Å². The molecule has 0 spiro atoms. The molecule has 3 rings (SSSR count). The third kappa shape index (κ3) is 2.91. The second kappa shape index (κ2) is 5.75. The molecule has 0 atom stereocenters. The lowest BCUT2D eigenvalue weighted by Gasteiger charge is -2.01. The second-order valence-electron chi connectivity index (χ2n) is 4.77. The summed E-state index contributed by atoms with van der Waals surface area (Å²) in [5.41, 5.74) is 0.894. The highest BCUT2D eigenvalue weighted by Gasteiger charge is 2.11. The minimum absolute atomic E-state index is 0.103. The number of nitrogens with zero attached hydrogens (tertiary/aromatic N) is 2. The van der Waals surface area contributed by atoms with Gasteiger partial charge in [0, 0.05) is 18.4 Å². The van der Waals surface area contributed by atoms with E-state index >= 15 is 0 Å². The minimum atomic E-state index is -0.816. The molecule has 0 aliphatic carbocycles. The number of hydrogen-bond acceptors (Lipinski definition) is 4. The highest BCUT2D eigenvalue weighted by atomic mass is 16.4. The molecule has 5 heteroatoms. The van der Waals surface area contributed by atoms with Crippen LogP contribution in [0.15, 0.2) is 46.9 Å². The Bertz CT molecular complexity index is 775. The van der Waals surface area contributed by atoms with E-state index in [4.69, 9.17) is 9.52 Å². The first-order valence-corrected chi connectivity index (χ1v) is 6.76. The molecule has 0 amide bonds. The van der Waals surface area contributed by atoms with Crippen molar-refractivity contribution in [2.75, 3.05) is 0 Å². The Morgan fingerprint density at radius 1 is 1.10 bits per heavy atom. The molecule has 1 heterocycles. The molecule has 0 radical (unpaired) electrons. The molecule has 0 aliphatic heterocycles. The molecule has 106 valence electrons. The van der Waals surface area contributed by atoms with Gasteiger partial charge in [-0.3, -0.25) is 4.79 Å². The van der Waals surface area contributed by atoms with Gasteiger partial charge < -0.3 is 9.52 Å². The number of aliphatic carboxylic acids is 1. The van der Waals surface area contributed by atoms with Gasteiger partial charge in [-0.05, 0) is 23.3 Å². The Kier molecular flexibility index (Phi) is 3.64. The Morgan fingerprint density at radius 3 is 2.76 bits per heavy atom. The second-order valence-corrected chi connectivity index (χ2v) is 4.77. The molecule has 3 aromatic rings. The van der Waals surface area contributed by atoms with E-state index in [0.717, 1.165) is 16.3 Å². The minimum Gasteiger partial charge on any atom is -0.481 e. The molecule has 0 unspecified atom stereocenters. The van der Waals surface area contributed by atoms with Crippen LogP contribution in [0.1, 0.15) is 18.7 Å².